The normalized spacial score (nSPS) is 25.9. The van der Waals surface area contributed by atoms with Crippen LogP contribution in [0.4, 0.5) is 0 Å². The number of aromatic nitrogens is 6. The molecule has 0 aromatic carbocycles. The van der Waals surface area contributed by atoms with Gasteiger partial charge in [-0.2, -0.15) is 10.2 Å². The molecular formula is C37H52N6O3Si. The van der Waals surface area contributed by atoms with Crippen LogP contribution >= 0.6 is 0 Å². The Morgan fingerprint density at radius 2 is 1.62 bits per heavy atom. The van der Waals surface area contributed by atoms with E-state index in [9.17, 15) is 0 Å². The van der Waals surface area contributed by atoms with Gasteiger partial charge in [-0.3, -0.25) is 0 Å². The summed E-state index contributed by atoms with van der Waals surface area (Å²) in [6, 6.07) is 6.56. The van der Waals surface area contributed by atoms with E-state index >= 15 is 0 Å². The van der Waals surface area contributed by atoms with Gasteiger partial charge in [0.05, 0.1) is 29.6 Å². The number of ether oxygens (including phenoxy) is 2. The molecule has 0 N–H and O–H groups in total. The zero-order valence-corrected chi connectivity index (χ0v) is 29.9. The molecule has 10 heteroatoms. The van der Waals surface area contributed by atoms with Crippen LogP contribution in [-0.4, -0.2) is 56.5 Å². The van der Waals surface area contributed by atoms with Crippen LogP contribution in [0.3, 0.4) is 0 Å². The lowest BCUT2D eigenvalue weighted by Gasteiger charge is -2.39. The fourth-order valence-corrected chi connectivity index (χ4v) is 8.77. The SMILES string of the molecule is CC(C)(C)[Si](C)(C)O[C@H]1CCC[C@@H]1OCc1ncc(-c2ccn3ncc(C4CCC(c5ccn(C6CCCCO6)n5)CC4)c3c2)cn1. The largest absolute Gasteiger partial charge is 0.411 e. The standard InChI is InChI=1S/C37H52N6O3Si/c1-37(2,3)47(4,5)46-34-10-8-9-33(34)45-25-35-38-22-29(23-39-35)28-16-18-42-32(21-28)30(24-40-42)26-12-14-27(15-13-26)31-17-19-43(41-31)36-11-6-7-20-44-36/h16-19,21-24,26-27,33-34,36H,6-15,20,25H2,1-5H3/t26?,27?,33-,34-,36?/m0/s1. The minimum Gasteiger partial charge on any atom is -0.411 e. The van der Waals surface area contributed by atoms with Crippen molar-refractivity contribution in [1.82, 2.24) is 29.4 Å². The minimum atomic E-state index is -1.84. The van der Waals surface area contributed by atoms with Crippen LogP contribution in [0.2, 0.25) is 18.1 Å². The molecule has 2 saturated carbocycles. The summed E-state index contributed by atoms with van der Waals surface area (Å²) < 4.78 is 23.1. The molecule has 3 aliphatic rings. The lowest BCUT2D eigenvalue weighted by Crippen LogP contribution is -2.46. The Kier molecular flexibility index (Phi) is 9.39. The van der Waals surface area contributed by atoms with Gasteiger partial charge in [0.1, 0.15) is 12.8 Å². The number of pyridine rings is 1. The first-order valence-electron chi connectivity index (χ1n) is 17.9. The molecule has 2 aliphatic carbocycles. The lowest BCUT2D eigenvalue weighted by atomic mass is 9.78. The maximum Gasteiger partial charge on any atom is 0.192 e. The molecule has 0 spiro atoms. The summed E-state index contributed by atoms with van der Waals surface area (Å²) in [5.74, 6) is 1.72. The molecule has 47 heavy (non-hydrogen) atoms. The molecule has 0 radical (unpaired) electrons. The lowest BCUT2D eigenvalue weighted by molar-refractivity contribution is -0.0397. The van der Waals surface area contributed by atoms with Crippen LogP contribution in [0.5, 0.6) is 0 Å². The van der Waals surface area contributed by atoms with Crippen LogP contribution in [0, 0.1) is 0 Å². The molecular weight excluding hydrogens is 605 g/mol. The van der Waals surface area contributed by atoms with Crippen molar-refractivity contribution in [2.24, 2.45) is 0 Å². The van der Waals surface area contributed by atoms with Gasteiger partial charge < -0.3 is 13.9 Å². The third-order valence-corrected chi connectivity index (χ3v) is 15.8. The molecule has 4 aromatic heterocycles. The molecule has 5 heterocycles. The molecule has 0 amide bonds. The molecule has 1 saturated heterocycles. The van der Waals surface area contributed by atoms with Crippen LogP contribution in [-0.2, 0) is 20.5 Å². The molecule has 252 valence electrons. The molecule has 1 aliphatic heterocycles. The fraction of sp³-hybridized carbons (Fsp3) is 0.622. The first-order valence-corrected chi connectivity index (χ1v) is 20.8. The predicted molar refractivity (Wildman–Crippen MR) is 186 cm³/mol. The average molecular weight is 657 g/mol. The maximum absolute atomic E-state index is 6.73. The molecule has 0 bridgehead atoms. The quantitative estimate of drug-likeness (QED) is 0.167. The third-order valence-electron chi connectivity index (χ3n) is 11.3. The highest BCUT2D eigenvalue weighted by molar-refractivity contribution is 6.74. The first-order chi connectivity index (χ1) is 22.6. The smallest absolute Gasteiger partial charge is 0.192 e. The van der Waals surface area contributed by atoms with E-state index in [0.717, 1.165) is 75.5 Å². The van der Waals surface area contributed by atoms with E-state index in [-0.39, 0.29) is 23.5 Å². The molecule has 3 fully saturated rings. The van der Waals surface area contributed by atoms with Crippen LogP contribution in [0.25, 0.3) is 16.6 Å². The highest BCUT2D eigenvalue weighted by Crippen LogP contribution is 2.42. The molecule has 4 aromatic rings. The number of hydrogen-bond acceptors (Lipinski definition) is 7. The second-order valence-corrected chi connectivity index (χ2v) is 20.3. The van der Waals surface area contributed by atoms with Gasteiger partial charge in [0.15, 0.2) is 14.1 Å². The highest BCUT2D eigenvalue weighted by Gasteiger charge is 2.42. The predicted octanol–water partition coefficient (Wildman–Crippen LogP) is 8.59. The van der Waals surface area contributed by atoms with Gasteiger partial charge in [-0.1, -0.05) is 20.8 Å². The Labute approximate surface area is 280 Å². The van der Waals surface area contributed by atoms with Crippen molar-refractivity contribution in [3.8, 4) is 11.1 Å². The molecule has 9 nitrogen and oxygen atoms in total. The highest BCUT2D eigenvalue weighted by atomic mass is 28.4. The summed E-state index contributed by atoms with van der Waals surface area (Å²) in [6.07, 6.45) is 21.7. The number of nitrogens with zero attached hydrogens (tertiary/aromatic N) is 6. The Morgan fingerprint density at radius 1 is 0.851 bits per heavy atom. The van der Waals surface area contributed by atoms with Gasteiger partial charge >= 0.3 is 0 Å². The third kappa shape index (κ3) is 7.11. The Bertz CT molecular complexity index is 1630. The van der Waals surface area contributed by atoms with Gasteiger partial charge in [-0.15, -0.1) is 0 Å². The second-order valence-electron chi connectivity index (χ2n) is 15.5. The van der Waals surface area contributed by atoms with Crippen molar-refractivity contribution >= 4 is 13.8 Å². The van der Waals surface area contributed by atoms with E-state index in [1.54, 1.807) is 0 Å². The van der Waals surface area contributed by atoms with E-state index in [0.29, 0.717) is 24.3 Å². The minimum absolute atomic E-state index is 0.106. The maximum atomic E-state index is 6.73. The fourth-order valence-electron chi connectivity index (χ4n) is 7.39. The molecule has 1 unspecified atom stereocenters. The molecule has 7 rings (SSSR count). The summed E-state index contributed by atoms with van der Waals surface area (Å²) in [5, 5.41) is 9.85. The van der Waals surface area contributed by atoms with Gasteiger partial charge in [0.2, 0.25) is 0 Å². The van der Waals surface area contributed by atoms with Crippen LogP contribution in [0.1, 0.15) is 120 Å². The van der Waals surface area contributed by atoms with Gasteiger partial charge in [0, 0.05) is 48.4 Å². The number of rotatable bonds is 9. The van der Waals surface area contributed by atoms with Crippen molar-refractivity contribution in [3.05, 3.63) is 66.3 Å². The van der Waals surface area contributed by atoms with Crippen molar-refractivity contribution in [2.75, 3.05) is 6.61 Å². The molecule has 3 atom stereocenters. The zero-order chi connectivity index (χ0) is 32.6. The summed E-state index contributed by atoms with van der Waals surface area (Å²) >= 11 is 0. The van der Waals surface area contributed by atoms with Crippen LogP contribution < -0.4 is 0 Å². The van der Waals surface area contributed by atoms with Crippen molar-refractivity contribution in [1.29, 1.82) is 0 Å². The summed E-state index contributed by atoms with van der Waals surface area (Å²) in [7, 11) is -1.84. The average Bonchev–Trinajstić information content (AvgIpc) is 3.84. The monoisotopic (exact) mass is 656 g/mol. The zero-order valence-electron chi connectivity index (χ0n) is 28.9. The van der Waals surface area contributed by atoms with E-state index < -0.39 is 8.32 Å². The van der Waals surface area contributed by atoms with Crippen molar-refractivity contribution in [2.45, 2.75) is 140 Å². The Balaban J connectivity index is 0.966. The number of fused-ring (bicyclic) bond motifs is 1. The summed E-state index contributed by atoms with van der Waals surface area (Å²) in [4.78, 5) is 9.39. The van der Waals surface area contributed by atoms with Crippen molar-refractivity contribution in [3.63, 3.8) is 0 Å². The van der Waals surface area contributed by atoms with Gasteiger partial charge in [0.25, 0.3) is 0 Å². The number of hydrogen-bond donors (Lipinski definition) is 0. The van der Waals surface area contributed by atoms with E-state index in [1.807, 2.05) is 21.6 Å². The Morgan fingerprint density at radius 3 is 2.36 bits per heavy atom. The van der Waals surface area contributed by atoms with Crippen LogP contribution in [0.15, 0.2) is 49.2 Å². The van der Waals surface area contributed by atoms with Gasteiger partial charge in [-0.05, 0) is 112 Å². The first kappa shape index (κ1) is 32.6. The second kappa shape index (κ2) is 13.5. The van der Waals surface area contributed by atoms with E-state index in [2.05, 4.69) is 70.7 Å². The van der Waals surface area contributed by atoms with Crippen molar-refractivity contribution < 1.29 is 13.9 Å². The Hall–Kier alpha value is -2.92. The summed E-state index contributed by atoms with van der Waals surface area (Å²) in [6.45, 7) is 12.8. The summed E-state index contributed by atoms with van der Waals surface area (Å²) in [5.41, 5.74) is 5.84. The van der Waals surface area contributed by atoms with E-state index in [4.69, 9.17) is 34.1 Å². The van der Waals surface area contributed by atoms with E-state index in [1.165, 1.54) is 23.2 Å². The van der Waals surface area contributed by atoms with Gasteiger partial charge in [-0.25, -0.2) is 19.2 Å². The topological polar surface area (TPSA) is 88.6 Å².